The molecule has 3 aromatic rings. The quantitative estimate of drug-likeness (QED) is 0.682. The molecule has 0 atom stereocenters. The Bertz CT molecular complexity index is 1010. The van der Waals surface area contributed by atoms with Crippen molar-refractivity contribution in [1.29, 1.82) is 0 Å². The van der Waals surface area contributed by atoms with Crippen molar-refractivity contribution in [2.45, 2.75) is 32.1 Å². The fourth-order valence-electron chi connectivity index (χ4n) is 4.23. The van der Waals surface area contributed by atoms with Gasteiger partial charge in [0.15, 0.2) is 0 Å². The van der Waals surface area contributed by atoms with Gasteiger partial charge in [0.05, 0.1) is 7.11 Å². The van der Waals surface area contributed by atoms with E-state index < -0.39 is 0 Å². The first-order chi connectivity index (χ1) is 14.0. The number of hydrogen-bond acceptors (Lipinski definition) is 3. The maximum absolute atomic E-state index is 13.0. The maximum atomic E-state index is 13.0. The van der Waals surface area contributed by atoms with Crippen LogP contribution in [0.2, 0.25) is 0 Å². The molecule has 0 spiro atoms. The summed E-state index contributed by atoms with van der Waals surface area (Å²) in [7, 11) is 1.67. The molecule has 2 heterocycles. The molecule has 1 saturated heterocycles. The number of carbonyl (C=O) groups excluding carboxylic acids is 1. The second-order valence-corrected chi connectivity index (χ2v) is 7.94. The lowest BCUT2D eigenvalue weighted by Gasteiger charge is -2.38. The largest absolute Gasteiger partial charge is 0.497 e. The minimum Gasteiger partial charge on any atom is -0.497 e. The molecule has 152 valence electrons. The molecule has 5 heteroatoms. The molecule has 2 aromatic carbocycles. The average Bonchev–Trinajstić information content (AvgIpc) is 3.06. The fourth-order valence-corrected chi connectivity index (χ4v) is 4.23. The maximum Gasteiger partial charge on any atom is 0.251 e. The number of methoxy groups -OCH3 is 1. The summed E-state index contributed by atoms with van der Waals surface area (Å²) >= 11 is 0. The van der Waals surface area contributed by atoms with Gasteiger partial charge in [-0.15, -0.1) is 0 Å². The predicted molar refractivity (Wildman–Crippen MR) is 115 cm³/mol. The normalized spacial score (nSPS) is 16.0. The molecular formula is C24H28N2O3. The fraction of sp³-hybridized carbons (Fsp3) is 0.375. The van der Waals surface area contributed by atoms with Crippen LogP contribution in [0.4, 0.5) is 0 Å². The van der Waals surface area contributed by atoms with Crippen LogP contribution in [0.1, 0.15) is 40.0 Å². The summed E-state index contributed by atoms with van der Waals surface area (Å²) in [5.41, 5.74) is 5.18. The van der Waals surface area contributed by atoms with Crippen molar-refractivity contribution in [3.8, 4) is 5.75 Å². The number of nitrogens with one attached hydrogen (secondary N) is 2. The van der Waals surface area contributed by atoms with E-state index in [1.807, 2.05) is 30.3 Å². The van der Waals surface area contributed by atoms with E-state index in [4.69, 9.17) is 9.47 Å². The minimum absolute atomic E-state index is 0.0375. The summed E-state index contributed by atoms with van der Waals surface area (Å²) in [6.07, 6.45) is 1.77. The van der Waals surface area contributed by atoms with Crippen molar-refractivity contribution in [3.63, 3.8) is 0 Å². The molecular weight excluding hydrogens is 364 g/mol. The van der Waals surface area contributed by atoms with E-state index >= 15 is 0 Å². The topological polar surface area (TPSA) is 63.3 Å². The highest BCUT2D eigenvalue weighted by Crippen LogP contribution is 2.35. The van der Waals surface area contributed by atoms with Crippen LogP contribution < -0.4 is 10.1 Å². The monoisotopic (exact) mass is 392 g/mol. The first-order valence-electron chi connectivity index (χ1n) is 10.1. The summed E-state index contributed by atoms with van der Waals surface area (Å²) in [5, 5.41) is 4.29. The number of aromatic amines is 1. The Morgan fingerprint density at radius 3 is 2.55 bits per heavy atom. The predicted octanol–water partition coefficient (Wildman–Crippen LogP) is 4.27. The Kier molecular flexibility index (Phi) is 5.33. The van der Waals surface area contributed by atoms with Crippen molar-refractivity contribution >= 4 is 16.8 Å². The van der Waals surface area contributed by atoms with Crippen molar-refractivity contribution in [1.82, 2.24) is 10.3 Å². The highest BCUT2D eigenvalue weighted by atomic mass is 16.5. The zero-order chi connectivity index (χ0) is 20.4. The molecule has 0 aliphatic carbocycles. The van der Waals surface area contributed by atoms with Gasteiger partial charge in [-0.25, -0.2) is 0 Å². The smallest absolute Gasteiger partial charge is 0.251 e. The van der Waals surface area contributed by atoms with Crippen LogP contribution in [0.5, 0.6) is 5.75 Å². The van der Waals surface area contributed by atoms with Crippen molar-refractivity contribution in [2.24, 2.45) is 0 Å². The number of amides is 1. The van der Waals surface area contributed by atoms with Crippen LogP contribution in [0.15, 0.2) is 42.5 Å². The van der Waals surface area contributed by atoms with E-state index in [0.717, 1.165) is 35.2 Å². The molecule has 0 bridgehead atoms. The number of fused-ring (bicyclic) bond motifs is 1. The molecule has 0 saturated carbocycles. The lowest BCUT2D eigenvalue weighted by Crippen LogP contribution is -2.44. The zero-order valence-electron chi connectivity index (χ0n) is 17.3. The van der Waals surface area contributed by atoms with Gasteiger partial charge in [-0.3, -0.25) is 4.79 Å². The first-order valence-corrected chi connectivity index (χ1v) is 10.1. The van der Waals surface area contributed by atoms with Gasteiger partial charge < -0.3 is 19.8 Å². The van der Waals surface area contributed by atoms with E-state index in [1.165, 1.54) is 11.1 Å². The van der Waals surface area contributed by atoms with Gasteiger partial charge in [-0.05, 0) is 68.1 Å². The van der Waals surface area contributed by atoms with Crippen LogP contribution in [0.25, 0.3) is 10.9 Å². The van der Waals surface area contributed by atoms with Crippen LogP contribution in [-0.2, 0) is 10.2 Å². The van der Waals surface area contributed by atoms with E-state index in [0.29, 0.717) is 25.3 Å². The molecule has 0 radical (unpaired) electrons. The minimum atomic E-state index is -0.120. The van der Waals surface area contributed by atoms with E-state index in [9.17, 15) is 4.79 Å². The number of H-pyrrole nitrogens is 1. The highest BCUT2D eigenvalue weighted by molar-refractivity contribution is 5.99. The van der Waals surface area contributed by atoms with E-state index in [1.54, 1.807) is 7.11 Å². The standard InChI is InChI=1S/C24H28N2O3/c1-16-17(2)26-22-9-4-18(14-21(16)22)23(27)25-15-24(10-12-29-13-11-24)19-5-7-20(28-3)8-6-19/h4-9,14,26H,10-13,15H2,1-3H3,(H,25,27). The third kappa shape index (κ3) is 3.75. The summed E-state index contributed by atoms with van der Waals surface area (Å²) in [4.78, 5) is 16.3. The van der Waals surface area contributed by atoms with Crippen molar-refractivity contribution < 1.29 is 14.3 Å². The van der Waals surface area contributed by atoms with Crippen LogP contribution in [0.3, 0.4) is 0 Å². The first kappa shape index (κ1) is 19.5. The summed E-state index contributed by atoms with van der Waals surface area (Å²) < 4.78 is 10.9. The second kappa shape index (κ2) is 7.91. The Balaban J connectivity index is 1.55. The molecule has 5 nitrogen and oxygen atoms in total. The van der Waals surface area contributed by atoms with Crippen molar-refractivity contribution in [2.75, 3.05) is 26.9 Å². The van der Waals surface area contributed by atoms with Crippen molar-refractivity contribution in [3.05, 3.63) is 64.8 Å². The molecule has 0 unspecified atom stereocenters. The molecule has 1 fully saturated rings. The molecule has 1 amide bonds. The Morgan fingerprint density at radius 2 is 1.86 bits per heavy atom. The van der Waals surface area contributed by atoms with Gasteiger partial charge in [-0.2, -0.15) is 0 Å². The number of carbonyl (C=O) groups is 1. The van der Waals surface area contributed by atoms with Gasteiger partial charge >= 0.3 is 0 Å². The zero-order valence-corrected chi connectivity index (χ0v) is 17.3. The number of ether oxygens (including phenoxy) is 2. The molecule has 1 aromatic heterocycles. The number of hydrogen-bond donors (Lipinski definition) is 2. The number of aromatic nitrogens is 1. The van der Waals surface area contributed by atoms with E-state index in [2.05, 4.69) is 36.3 Å². The number of benzene rings is 2. The molecule has 1 aliphatic heterocycles. The highest BCUT2D eigenvalue weighted by Gasteiger charge is 2.35. The number of aryl methyl sites for hydroxylation is 2. The van der Waals surface area contributed by atoms with Gasteiger partial charge in [0.2, 0.25) is 0 Å². The van der Waals surface area contributed by atoms with Gasteiger partial charge in [0, 0.05) is 47.3 Å². The lowest BCUT2D eigenvalue weighted by molar-refractivity contribution is 0.0487. The SMILES string of the molecule is COc1ccc(C2(CNC(=O)c3ccc4[nH]c(C)c(C)c4c3)CCOCC2)cc1. The van der Waals surface area contributed by atoms with Gasteiger partial charge in [-0.1, -0.05) is 12.1 Å². The average molecular weight is 392 g/mol. The van der Waals surface area contributed by atoms with Crippen LogP contribution in [0, 0.1) is 13.8 Å². The van der Waals surface area contributed by atoms with Crippen LogP contribution in [-0.4, -0.2) is 37.8 Å². The second-order valence-electron chi connectivity index (χ2n) is 7.94. The molecule has 1 aliphatic rings. The summed E-state index contributed by atoms with van der Waals surface area (Å²) in [6, 6.07) is 14.0. The van der Waals surface area contributed by atoms with Gasteiger partial charge in [0.25, 0.3) is 5.91 Å². The van der Waals surface area contributed by atoms with E-state index in [-0.39, 0.29) is 11.3 Å². The summed E-state index contributed by atoms with van der Waals surface area (Å²) in [6.45, 7) is 6.13. The number of rotatable bonds is 5. The van der Waals surface area contributed by atoms with Crippen LogP contribution >= 0.6 is 0 Å². The Labute approximate surface area is 171 Å². The third-order valence-electron chi connectivity index (χ3n) is 6.31. The molecule has 4 rings (SSSR count). The third-order valence-corrected chi connectivity index (χ3v) is 6.31. The Hall–Kier alpha value is -2.79. The lowest BCUT2D eigenvalue weighted by atomic mass is 9.74. The Morgan fingerprint density at radius 1 is 1.14 bits per heavy atom. The molecule has 29 heavy (non-hydrogen) atoms. The summed E-state index contributed by atoms with van der Waals surface area (Å²) in [5.74, 6) is 0.801. The van der Waals surface area contributed by atoms with Gasteiger partial charge in [0.1, 0.15) is 5.75 Å². The molecule has 2 N–H and O–H groups in total.